The van der Waals surface area contributed by atoms with Gasteiger partial charge in [-0.3, -0.25) is 4.98 Å². The highest BCUT2D eigenvalue weighted by Gasteiger charge is 2.24. The molecule has 80 valence electrons. The topological polar surface area (TPSA) is 22.1 Å². The van der Waals surface area contributed by atoms with Gasteiger partial charge in [-0.2, -0.15) is 0 Å². The van der Waals surface area contributed by atoms with Gasteiger partial charge in [-0.1, -0.05) is 18.2 Å². The summed E-state index contributed by atoms with van der Waals surface area (Å²) in [6, 6.07) is 12.2. The fourth-order valence-corrected chi connectivity index (χ4v) is 1.70. The summed E-state index contributed by atoms with van der Waals surface area (Å²) < 4.78 is 5.89. The van der Waals surface area contributed by atoms with Gasteiger partial charge in [-0.15, -0.1) is 0 Å². The molecule has 3 rings (SSSR count). The number of pyridine rings is 1. The molecule has 16 heavy (non-hydrogen) atoms. The molecule has 2 nitrogen and oxygen atoms in total. The Morgan fingerprint density at radius 2 is 1.75 bits per heavy atom. The minimum atomic E-state index is 0.433. The van der Waals surface area contributed by atoms with Crippen LogP contribution in [0.25, 0.3) is 11.1 Å². The van der Waals surface area contributed by atoms with Crippen molar-refractivity contribution in [2.75, 3.05) is 0 Å². The number of ether oxygens (including phenoxy) is 1. The van der Waals surface area contributed by atoms with E-state index in [2.05, 4.69) is 11.1 Å². The average molecular weight is 211 g/mol. The van der Waals surface area contributed by atoms with E-state index in [-0.39, 0.29) is 0 Å². The number of nitrogens with zero attached hydrogens (tertiary/aromatic N) is 1. The van der Waals surface area contributed by atoms with Crippen molar-refractivity contribution in [3.63, 3.8) is 0 Å². The van der Waals surface area contributed by atoms with Gasteiger partial charge in [-0.05, 0) is 36.6 Å². The fourth-order valence-electron chi connectivity index (χ4n) is 1.70. The summed E-state index contributed by atoms with van der Waals surface area (Å²) in [6.07, 6.45) is 6.42. The Balaban J connectivity index is 1.98. The molecule has 0 aliphatic heterocycles. The first kappa shape index (κ1) is 9.40. The Kier molecular flexibility index (Phi) is 2.33. The predicted molar refractivity (Wildman–Crippen MR) is 63.3 cm³/mol. The van der Waals surface area contributed by atoms with Gasteiger partial charge in [0.05, 0.1) is 6.10 Å². The number of rotatable bonds is 3. The molecular weight excluding hydrogens is 198 g/mol. The quantitative estimate of drug-likeness (QED) is 0.777. The second kappa shape index (κ2) is 3.97. The van der Waals surface area contributed by atoms with Gasteiger partial charge in [0, 0.05) is 18.0 Å². The van der Waals surface area contributed by atoms with E-state index < -0.39 is 0 Å². The Labute approximate surface area is 94.9 Å². The average Bonchev–Trinajstić information content (AvgIpc) is 3.15. The number of aromatic nitrogens is 1. The summed E-state index contributed by atoms with van der Waals surface area (Å²) in [6.45, 7) is 0. The lowest BCUT2D eigenvalue weighted by Crippen LogP contribution is -1.97. The molecule has 1 fully saturated rings. The maximum atomic E-state index is 5.89. The largest absolute Gasteiger partial charge is 0.490 e. The van der Waals surface area contributed by atoms with E-state index in [1.165, 1.54) is 12.8 Å². The highest BCUT2D eigenvalue weighted by atomic mass is 16.5. The third-order valence-corrected chi connectivity index (χ3v) is 2.70. The summed E-state index contributed by atoms with van der Waals surface area (Å²) in [5, 5.41) is 0. The van der Waals surface area contributed by atoms with E-state index in [4.69, 9.17) is 4.74 Å². The lowest BCUT2D eigenvalue weighted by Gasteiger charge is -2.10. The molecule has 1 aliphatic rings. The standard InChI is InChI=1S/C14H13NO/c1-2-4-14(16-12-5-6-12)13(3-1)11-7-9-15-10-8-11/h1-4,7-10,12H,5-6H2. The molecule has 0 bridgehead atoms. The molecular formula is C14H13NO. The van der Waals surface area contributed by atoms with Gasteiger partial charge >= 0.3 is 0 Å². The lowest BCUT2D eigenvalue weighted by atomic mass is 10.1. The van der Waals surface area contributed by atoms with E-state index in [1.54, 1.807) is 0 Å². The molecule has 0 saturated heterocycles. The van der Waals surface area contributed by atoms with Crippen LogP contribution in [0.15, 0.2) is 48.8 Å². The number of benzene rings is 1. The Hall–Kier alpha value is -1.83. The highest BCUT2D eigenvalue weighted by Crippen LogP contribution is 2.34. The Bertz CT molecular complexity index is 477. The molecule has 1 aromatic carbocycles. The monoisotopic (exact) mass is 211 g/mol. The summed E-state index contributed by atoms with van der Waals surface area (Å²) >= 11 is 0. The van der Waals surface area contributed by atoms with Crippen LogP contribution in [0.4, 0.5) is 0 Å². The normalized spacial score (nSPS) is 14.8. The molecule has 2 heteroatoms. The third-order valence-electron chi connectivity index (χ3n) is 2.70. The summed E-state index contributed by atoms with van der Waals surface area (Å²) in [4.78, 5) is 4.03. The second-order valence-electron chi connectivity index (χ2n) is 4.05. The van der Waals surface area contributed by atoms with Crippen LogP contribution in [-0.4, -0.2) is 11.1 Å². The van der Waals surface area contributed by atoms with Gasteiger partial charge in [0.2, 0.25) is 0 Å². The smallest absolute Gasteiger partial charge is 0.127 e. The van der Waals surface area contributed by atoms with Gasteiger partial charge in [0.25, 0.3) is 0 Å². The summed E-state index contributed by atoms with van der Waals surface area (Å²) in [5.41, 5.74) is 2.31. The van der Waals surface area contributed by atoms with Crippen LogP contribution < -0.4 is 4.74 Å². The van der Waals surface area contributed by atoms with Gasteiger partial charge in [-0.25, -0.2) is 0 Å². The van der Waals surface area contributed by atoms with Gasteiger partial charge < -0.3 is 4.74 Å². The molecule has 2 aromatic rings. The van der Waals surface area contributed by atoms with Crippen molar-refractivity contribution in [2.24, 2.45) is 0 Å². The van der Waals surface area contributed by atoms with Crippen LogP contribution in [0.2, 0.25) is 0 Å². The van der Waals surface area contributed by atoms with E-state index in [0.717, 1.165) is 16.9 Å². The van der Waals surface area contributed by atoms with Crippen molar-refractivity contribution in [1.29, 1.82) is 0 Å². The zero-order chi connectivity index (χ0) is 10.8. The maximum absolute atomic E-state index is 5.89. The van der Waals surface area contributed by atoms with E-state index >= 15 is 0 Å². The minimum Gasteiger partial charge on any atom is -0.490 e. The summed E-state index contributed by atoms with van der Waals surface area (Å²) in [7, 11) is 0. The SMILES string of the molecule is c1ccc(-c2ccncc2)c(OC2CC2)c1. The van der Waals surface area contributed by atoms with Crippen molar-refractivity contribution in [1.82, 2.24) is 4.98 Å². The first-order valence-electron chi connectivity index (χ1n) is 5.59. The van der Waals surface area contributed by atoms with Gasteiger partial charge in [0.15, 0.2) is 0 Å². The van der Waals surface area contributed by atoms with Crippen LogP contribution in [0.5, 0.6) is 5.75 Å². The molecule has 0 atom stereocenters. The molecule has 0 spiro atoms. The Morgan fingerprint density at radius 1 is 1.00 bits per heavy atom. The first-order valence-corrected chi connectivity index (χ1v) is 5.59. The Morgan fingerprint density at radius 3 is 2.50 bits per heavy atom. The van der Waals surface area contributed by atoms with Crippen LogP contribution in [-0.2, 0) is 0 Å². The molecule has 0 unspecified atom stereocenters. The van der Waals surface area contributed by atoms with Crippen LogP contribution in [0, 0.1) is 0 Å². The van der Waals surface area contributed by atoms with Crippen molar-refractivity contribution in [2.45, 2.75) is 18.9 Å². The molecule has 0 radical (unpaired) electrons. The lowest BCUT2D eigenvalue weighted by molar-refractivity contribution is 0.304. The van der Waals surface area contributed by atoms with Crippen molar-refractivity contribution < 1.29 is 4.74 Å². The molecule has 1 aromatic heterocycles. The highest BCUT2D eigenvalue weighted by molar-refractivity contribution is 5.69. The maximum Gasteiger partial charge on any atom is 0.127 e. The van der Waals surface area contributed by atoms with Crippen molar-refractivity contribution >= 4 is 0 Å². The minimum absolute atomic E-state index is 0.433. The van der Waals surface area contributed by atoms with E-state index in [1.807, 2.05) is 42.7 Å². The van der Waals surface area contributed by atoms with Crippen molar-refractivity contribution in [3.05, 3.63) is 48.8 Å². The molecule has 0 N–H and O–H groups in total. The number of hydrogen-bond donors (Lipinski definition) is 0. The fraction of sp³-hybridized carbons (Fsp3) is 0.214. The third kappa shape index (κ3) is 1.91. The van der Waals surface area contributed by atoms with Crippen LogP contribution in [0.3, 0.4) is 0 Å². The molecule has 0 amide bonds. The zero-order valence-electron chi connectivity index (χ0n) is 8.97. The van der Waals surface area contributed by atoms with Gasteiger partial charge in [0.1, 0.15) is 5.75 Å². The van der Waals surface area contributed by atoms with E-state index in [9.17, 15) is 0 Å². The van der Waals surface area contributed by atoms with Crippen molar-refractivity contribution in [3.8, 4) is 16.9 Å². The van der Waals surface area contributed by atoms with Crippen LogP contribution >= 0.6 is 0 Å². The first-order chi connectivity index (χ1) is 7.93. The number of para-hydroxylation sites is 1. The number of hydrogen-bond acceptors (Lipinski definition) is 2. The predicted octanol–water partition coefficient (Wildman–Crippen LogP) is 3.29. The summed E-state index contributed by atoms with van der Waals surface area (Å²) in [5.74, 6) is 0.983. The zero-order valence-corrected chi connectivity index (χ0v) is 8.97. The second-order valence-corrected chi connectivity index (χ2v) is 4.05. The molecule has 1 heterocycles. The van der Waals surface area contributed by atoms with E-state index in [0.29, 0.717) is 6.10 Å². The molecule has 1 saturated carbocycles. The molecule has 1 aliphatic carbocycles. The van der Waals surface area contributed by atoms with Crippen LogP contribution in [0.1, 0.15) is 12.8 Å².